The third kappa shape index (κ3) is 3.45. The van der Waals surface area contributed by atoms with Gasteiger partial charge in [0.1, 0.15) is 5.15 Å². The summed E-state index contributed by atoms with van der Waals surface area (Å²) in [5.41, 5.74) is 9.16. The Morgan fingerprint density at radius 2 is 1.95 bits per heavy atom. The zero-order valence-corrected chi connectivity index (χ0v) is 14.9. The molecule has 2 rings (SSSR count). The minimum absolute atomic E-state index is 0.113. The Bertz CT molecular complexity index is 496. The van der Waals surface area contributed by atoms with Crippen LogP contribution in [0.5, 0.6) is 0 Å². The summed E-state index contributed by atoms with van der Waals surface area (Å²) in [7, 11) is 1.89. The van der Waals surface area contributed by atoms with Crippen molar-refractivity contribution >= 4 is 11.6 Å². The highest BCUT2D eigenvalue weighted by molar-refractivity contribution is 6.30. The lowest BCUT2D eigenvalue weighted by Gasteiger charge is -2.43. The van der Waals surface area contributed by atoms with Gasteiger partial charge in [-0.3, -0.25) is 4.68 Å². The Morgan fingerprint density at radius 1 is 1.38 bits per heavy atom. The molecule has 0 amide bonds. The van der Waals surface area contributed by atoms with E-state index in [1.165, 1.54) is 19.3 Å². The molecule has 120 valence electrons. The summed E-state index contributed by atoms with van der Waals surface area (Å²) in [6.45, 7) is 9.10. The molecule has 3 nitrogen and oxygen atoms in total. The Balaban J connectivity index is 2.06. The zero-order valence-electron chi connectivity index (χ0n) is 14.2. The quantitative estimate of drug-likeness (QED) is 0.903. The first kappa shape index (κ1) is 16.8. The lowest BCUT2D eigenvalue weighted by Crippen LogP contribution is -2.47. The summed E-state index contributed by atoms with van der Waals surface area (Å²) < 4.78 is 1.75. The number of aryl methyl sites for hydroxylation is 2. The van der Waals surface area contributed by atoms with Crippen LogP contribution in [0.15, 0.2) is 0 Å². The van der Waals surface area contributed by atoms with Crippen LogP contribution in [0.2, 0.25) is 5.15 Å². The predicted molar refractivity (Wildman–Crippen MR) is 89.6 cm³/mol. The molecular weight excluding hydrogens is 282 g/mol. The maximum absolute atomic E-state index is 6.69. The van der Waals surface area contributed by atoms with Crippen LogP contribution in [0.3, 0.4) is 0 Å². The van der Waals surface area contributed by atoms with Crippen LogP contribution in [0.4, 0.5) is 0 Å². The van der Waals surface area contributed by atoms with Crippen LogP contribution in [0.1, 0.15) is 64.1 Å². The average Bonchev–Trinajstić information content (AvgIpc) is 2.66. The summed E-state index contributed by atoms with van der Waals surface area (Å²) >= 11 is 6.36. The molecule has 1 saturated carbocycles. The van der Waals surface area contributed by atoms with Gasteiger partial charge >= 0.3 is 0 Å². The first-order valence-corrected chi connectivity index (χ1v) is 8.53. The van der Waals surface area contributed by atoms with Crippen molar-refractivity contribution in [1.82, 2.24) is 9.78 Å². The Hall–Kier alpha value is -0.540. The molecule has 1 aromatic rings. The molecule has 0 radical (unpaired) electrons. The Labute approximate surface area is 134 Å². The fraction of sp³-hybridized carbons (Fsp3) is 0.824. The molecule has 0 aliphatic heterocycles. The molecule has 21 heavy (non-hydrogen) atoms. The van der Waals surface area contributed by atoms with E-state index in [4.69, 9.17) is 17.3 Å². The van der Waals surface area contributed by atoms with Crippen LogP contribution >= 0.6 is 11.6 Å². The lowest BCUT2D eigenvalue weighted by atomic mass is 9.65. The predicted octanol–water partition coefficient (Wildman–Crippen LogP) is 4.25. The first-order valence-electron chi connectivity index (χ1n) is 8.15. The molecular formula is C17H30ClN3. The van der Waals surface area contributed by atoms with Crippen molar-refractivity contribution in [3.05, 3.63) is 16.4 Å². The molecule has 1 aromatic heterocycles. The summed E-state index contributed by atoms with van der Waals surface area (Å²) in [5.74, 6) is 0.796. The van der Waals surface area contributed by atoms with Gasteiger partial charge in [0.25, 0.3) is 0 Å². The fourth-order valence-electron chi connectivity index (χ4n) is 3.67. The van der Waals surface area contributed by atoms with E-state index in [1.54, 1.807) is 4.68 Å². The van der Waals surface area contributed by atoms with Crippen LogP contribution < -0.4 is 5.73 Å². The summed E-state index contributed by atoms with van der Waals surface area (Å²) in [6, 6.07) is 0. The van der Waals surface area contributed by atoms with E-state index >= 15 is 0 Å². The molecule has 2 N–H and O–H groups in total. The van der Waals surface area contributed by atoms with Crippen molar-refractivity contribution in [2.24, 2.45) is 24.1 Å². The van der Waals surface area contributed by atoms with Crippen LogP contribution in [-0.2, 0) is 13.5 Å². The van der Waals surface area contributed by atoms with Gasteiger partial charge in [-0.2, -0.15) is 5.10 Å². The van der Waals surface area contributed by atoms with Gasteiger partial charge in [0.2, 0.25) is 0 Å². The van der Waals surface area contributed by atoms with Gasteiger partial charge in [0, 0.05) is 18.2 Å². The standard InChI is InChI=1S/C17H30ClN3/c1-6-16(3,4)13-7-9-17(19,10-8-13)11-14-12(2)20-21(5)15(14)18/h13H,6-11,19H2,1-5H3. The van der Waals surface area contributed by atoms with E-state index in [9.17, 15) is 0 Å². The van der Waals surface area contributed by atoms with Crippen LogP contribution in [-0.4, -0.2) is 15.3 Å². The Kier molecular flexibility index (Phi) is 4.75. The van der Waals surface area contributed by atoms with Gasteiger partial charge in [0.05, 0.1) is 5.69 Å². The molecule has 1 aliphatic rings. The van der Waals surface area contributed by atoms with Crippen molar-refractivity contribution in [2.45, 2.75) is 71.8 Å². The van der Waals surface area contributed by atoms with E-state index in [1.807, 2.05) is 14.0 Å². The van der Waals surface area contributed by atoms with Crippen molar-refractivity contribution < 1.29 is 0 Å². The van der Waals surface area contributed by atoms with Gasteiger partial charge in [-0.05, 0) is 50.4 Å². The monoisotopic (exact) mass is 311 g/mol. The summed E-state index contributed by atoms with van der Waals surface area (Å²) in [6.07, 6.45) is 6.73. The summed E-state index contributed by atoms with van der Waals surface area (Å²) in [5, 5.41) is 5.15. The number of aromatic nitrogens is 2. The molecule has 0 unspecified atom stereocenters. The first-order chi connectivity index (χ1) is 9.68. The number of nitrogens with zero attached hydrogens (tertiary/aromatic N) is 2. The second-order valence-electron chi connectivity index (χ2n) is 7.63. The number of hydrogen-bond donors (Lipinski definition) is 1. The molecule has 1 heterocycles. The second-order valence-corrected chi connectivity index (χ2v) is 7.99. The van der Waals surface area contributed by atoms with Crippen molar-refractivity contribution in [2.75, 3.05) is 0 Å². The van der Waals surface area contributed by atoms with Crippen molar-refractivity contribution in [3.8, 4) is 0 Å². The van der Waals surface area contributed by atoms with Crippen LogP contribution in [0, 0.1) is 18.3 Å². The number of nitrogens with two attached hydrogens (primary N) is 1. The molecule has 0 atom stereocenters. The number of halogens is 1. The number of rotatable bonds is 4. The Morgan fingerprint density at radius 3 is 2.38 bits per heavy atom. The topological polar surface area (TPSA) is 43.8 Å². The molecule has 4 heteroatoms. The van der Waals surface area contributed by atoms with E-state index < -0.39 is 0 Å². The molecule has 0 bridgehead atoms. The van der Waals surface area contributed by atoms with Crippen molar-refractivity contribution in [3.63, 3.8) is 0 Å². The van der Waals surface area contributed by atoms with Gasteiger partial charge in [0.15, 0.2) is 0 Å². The minimum atomic E-state index is -0.113. The molecule has 0 saturated heterocycles. The third-order valence-electron chi connectivity index (χ3n) is 5.80. The third-order valence-corrected chi connectivity index (χ3v) is 6.27. The molecule has 1 aliphatic carbocycles. The fourth-order valence-corrected chi connectivity index (χ4v) is 3.91. The van der Waals surface area contributed by atoms with Gasteiger partial charge in [-0.25, -0.2) is 0 Å². The van der Waals surface area contributed by atoms with Gasteiger partial charge < -0.3 is 5.73 Å². The van der Waals surface area contributed by atoms with Crippen LogP contribution in [0.25, 0.3) is 0 Å². The highest BCUT2D eigenvalue weighted by Crippen LogP contribution is 2.44. The molecule has 0 aromatic carbocycles. The molecule has 1 fully saturated rings. The highest BCUT2D eigenvalue weighted by atomic mass is 35.5. The number of hydrogen-bond acceptors (Lipinski definition) is 2. The largest absolute Gasteiger partial charge is 0.325 e. The second kappa shape index (κ2) is 5.92. The van der Waals surface area contributed by atoms with E-state index in [0.717, 1.165) is 41.6 Å². The van der Waals surface area contributed by atoms with E-state index in [2.05, 4.69) is 25.9 Å². The molecule has 0 spiro atoms. The smallest absolute Gasteiger partial charge is 0.130 e. The van der Waals surface area contributed by atoms with E-state index in [0.29, 0.717) is 5.41 Å². The maximum atomic E-state index is 6.69. The van der Waals surface area contributed by atoms with E-state index in [-0.39, 0.29) is 5.54 Å². The SMILES string of the molecule is CCC(C)(C)C1CCC(N)(Cc2c(C)nn(C)c2Cl)CC1. The maximum Gasteiger partial charge on any atom is 0.130 e. The average molecular weight is 312 g/mol. The normalized spacial score (nSPS) is 27.1. The van der Waals surface area contributed by atoms with Crippen molar-refractivity contribution in [1.29, 1.82) is 0 Å². The van der Waals surface area contributed by atoms with Gasteiger partial charge in [-0.15, -0.1) is 0 Å². The highest BCUT2D eigenvalue weighted by Gasteiger charge is 2.38. The minimum Gasteiger partial charge on any atom is -0.325 e. The van der Waals surface area contributed by atoms with Gasteiger partial charge in [-0.1, -0.05) is 38.8 Å². The zero-order chi connectivity index (χ0) is 15.8. The lowest BCUT2D eigenvalue weighted by molar-refractivity contribution is 0.115. The summed E-state index contributed by atoms with van der Waals surface area (Å²) in [4.78, 5) is 0.